The summed E-state index contributed by atoms with van der Waals surface area (Å²) in [5, 5.41) is 0. The second-order valence-electron chi connectivity index (χ2n) is 3.10. The van der Waals surface area contributed by atoms with E-state index in [9.17, 15) is 13.2 Å². The van der Waals surface area contributed by atoms with E-state index in [4.69, 9.17) is 4.55 Å². The van der Waals surface area contributed by atoms with E-state index in [0.717, 1.165) is 10.8 Å². The van der Waals surface area contributed by atoms with Gasteiger partial charge in [0.2, 0.25) is 0 Å². The van der Waals surface area contributed by atoms with E-state index in [1.54, 1.807) is 0 Å². The summed E-state index contributed by atoms with van der Waals surface area (Å²) in [7, 11) is -1.20. The molecule has 82 valence electrons. The summed E-state index contributed by atoms with van der Waals surface area (Å²) in [6.45, 7) is 0. The van der Waals surface area contributed by atoms with Crippen molar-refractivity contribution in [3.8, 4) is 0 Å². The van der Waals surface area contributed by atoms with Crippen LogP contribution in [-0.2, 0) is 10.1 Å². The lowest BCUT2D eigenvalue weighted by Crippen LogP contribution is -2.49. The van der Waals surface area contributed by atoms with Gasteiger partial charge in [0, 0.05) is 0 Å². The molecule has 0 unspecified atom stereocenters. The van der Waals surface area contributed by atoms with E-state index < -0.39 is 16.1 Å². The fraction of sp³-hybridized carbons (Fsp3) is 0.250. The molecule has 0 saturated carbocycles. The standard InChI is InChI=1S/C8H10N2O4S/c1-9(2)8(11)10-5-3-4-7(6-10)15(12,13)14/h3-6H,1-2H3/p+1. The van der Waals surface area contributed by atoms with Gasteiger partial charge in [0.25, 0.3) is 10.1 Å². The molecule has 0 atom stereocenters. The van der Waals surface area contributed by atoms with Gasteiger partial charge in [-0.3, -0.25) is 4.55 Å². The molecule has 7 heteroatoms. The predicted molar refractivity (Wildman–Crippen MR) is 50.9 cm³/mol. The summed E-state index contributed by atoms with van der Waals surface area (Å²) in [5.41, 5.74) is 0. The van der Waals surface area contributed by atoms with Gasteiger partial charge in [0.1, 0.15) is 11.1 Å². The predicted octanol–water partition coefficient (Wildman–Crippen LogP) is -0.250. The molecular weight excluding hydrogens is 220 g/mol. The number of carbonyl (C=O) groups is 1. The van der Waals surface area contributed by atoms with Gasteiger partial charge in [0.05, 0.1) is 20.3 Å². The van der Waals surface area contributed by atoms with Crippen molar-refractivity contribution in [2.24, 2.45) is 0 Å². The van der Waals surface area contributed by atoms with Crippen LogP contribution in [0, 0.1) is 0 Å². The quantitative estimate of drug-likeness (QED) is 0.534. The highest BCUT2D eigenvalue weighted by molar-refractivity contribution is 7.85. The Hall–Kier alpha value is -1.47. The third kappa shape index (κ3) is 2.74. The molecule has 15 heavy (non-hydrogen) atoms. The smallest absolute Gasteiger partial charge is 0.282 e. The van der Waals surface area contributed by atoms with Gasteiger partial charge in [-0.05, 0) is 12.1 Å². The molecule has 1 amide bonds. The van der Waals surface area contributed by atoms with Crippen LogP contribution in [0.5, 0.6) is 0 Å². The van der Waals surface area contributed by atoms with Crippen molar-refractivity contribution in [2.75, 3.05) is 14.1 Å². The molecule has 1 rings (SSSR count). The monoisotopic (exact) mass is 231 g/mol. The molecular formula is C8H11N2O4S+. The molecule has 0 aliphatic carbocycles. The van der Waals surface area contributed by atoms with Crippen LogP contribution in [-0.4, -0.2) is 38.0 Å². The zero-order valence-electron chi connectivity index (χ0n) is 8.28. The molecule has 0 aromatic carbocycles. The van der Waals surface area contributed by atoms with Crippen molar-refractivity contribution < 1.29 is 22.3 Å². The number of hydrogen-bond acceptors (Lipinski definition) is 3. The Balaban J connectivity index is 3.20. The van der Waals surface area contributed by atoms with Crippen molar-refractivity contribution in [3.05, 3.63) is 24.5 Å². The zero-order chi connectivity index (χ0) is 11.6. The number of amides is 1. The van der Waals surface area contributed by atoms with E-state index >= 15 is 0 Å². The maximum absolute atomic E-state index is 11.4. The van der Waals surface area contributed by atoms with Crippen molar-refractivity contribution >= 4 is 16.1 Å². The Morgan fingerprint density at radius 3 is 2.53 bits per heavy atom. The Bertz CT molecular complexity index is 481. The molecule has 0 aliphatic heterocycles. The first-order chi connectivity index (χ1) is 6.82. The minimum absolute atomic E-state index is 0.319. The molecule has 0 aliphatic rings. The second kappa shape index (κ2) is 3.95. The van der Waals surface area contributed by atoms with Crippen LogP contribution < -0.4 is 4.57 Å². The maximum atomic E-state index is 11.4. The van der Waals surface area contributed by atoms with Crippen molar-refractivity contribution in [2.45, 2.75) is 4.90 Å². The SMILES string of the molecule is CN(C)C(=O)[n+]1cccc(S(=O)(=O)O)c1. The minimum Gasteiger partial charge on any atom is -0.282 e. The van der Waals surface area contributed by atoms with E-state index in [2.05, 4.69) is 0 Å². The third-order valence-corrected chi connectivity index (χ3v) is 2.51. The fourth-order valence-corrected chi connectivity index (χ4v) is 1.45. The molecule has 0 saturated heterocycles. The zero-order valence-corrected chi connectivity index (χ0v) is 9.10. The first kappa shape index (κ1) is 11.6. The van der Waals surface area contributed by atoms with Crippen molar-refractivity contribution in [1.29, 1.82) is 0 Å². The Morgan fingerprint density at radius 2 is 2.07 bits per heavy atom. The number of rotatable bonds is 1. The van der Waals surface area contributed by atoms with Gasteiger partial charge in [-0.1, -0.05) is 0 Å². The molecule has 0 fully saturated rings. The summed E-state index contributed by atoms with van der Waals surface area (Å²) in [5.74, 6) is 0. The topological polar surface area (TPSA) is 78.6 Å². The highest BCUT2D eigenvalue weighted by Crippen LogP contribution is 2.03. The molecule has 0 spiro atoms. The van der Waals surface area contributed by atoms with Crippen LogP contribution in [0.15, 0.2) is 29.4 Å². The largest absolute Gasteiger partial charge is 0.497 e. The normalized spacial score (nSPS) is 11.1. The van der Waals surface area contributed by atoms with Gasteiger partial charge in [-0.15, -0.1) is 0 Å². The van der Waals surface area contributed by atoms with Crippen LogP contribution in [0.2, 0.25) is 0 Å². The van der Waals surface area contributed by atoms with E-state index in [0.29, 0.717) is 0 Å². The molecule has 1 heterocycles. The van der Waals surface area contributed by atoms with Gasteiger partial charge >= 0.3 is 6.03 Å². The lowest BCUT2D eigenvalue weighted by atomic mass is 10.5. The maximum Gasteiger partial charge on any atom is 0.497 e. The molecule has 1 aromatic heterocycles. The van der Waals surface area contributed by atoms with Gasteiger partial charge in [-0.25, -0.2) is 4.90 Å². The van der Waals surface area contributed by atoms with Crippen LogP contribution >= 0.6 is 0 Å². The van der Waals surface area contributed by atoms with Crippen molar-refractivity contribution in [1.82, 2.24) is 4.90 Å². The van der Waals surface area contributed by atoms with E-state index in [-0.39, 0.29) is 4.90 Å². The first-order valence-electron chi connectivity index (χ1n) is 4.03. The summed E-state index contributed by atoms with van der Waals surface area (Å²) in [6, 6.07) is 2.17. The summed E-state index contributed by atoms with van der Waals surface area (Å²) in [6.07, 6.45) is 2.45. The number of aromatic nitrogens is 1. The number of carbonyl (C=O) groups excluding carboxylic acids is 1. The van der Waals surface area contributed by atoms with Gasteiger partial charge < -0.3 is 0 Å². The average molecular weight is 231 g/mol. The Kier molecular flexibility index (Phi) is 3.06. The summed E-state index contributed by atoms with van der Waals surface area (Å²) >= 11 is 0. The van der Waals surface area contributed by atoms with E-state index in [1.807, 2.05) is 0 Å². The lowest BCUT2D eigenvalue weighted by molar-refractivity contribution is -0.579. The minimum atomic E-state index is -4.28. The Morgan fingerprint density at radius 1 is 1.47 bits per heavy atom. The van der Waals surface area contributed by atoms with E-state index in [1.165, 1.54) is 37.3 Å². The molecule has 0 bridgehead atoms. The van der Waals surface area contributed by atoms with Crippen molar-refractivity contribution in [3.63, 3.8) is 0 Å². The second-order valence-corrected chi connectivity index (χ2v) is 4.52. The van der Waals surface area contributed by atoms with Crippen LogP contribution in [0.25, 0.3) is 0 Å². The Labute approximate surface area is 87.5 Å². The fourth-order valence-electron chi connectivity index (χ4n) is 0.956. The van der Waals surface area contributed by atoms with Gasteiger partial charge in [-0.2, -0.15) is 17.8 Å². The summed E-state index contributed by atoms with van der Waals surface area (Å²) in [4.78, 5) is 12.4. The van der Waals surface area contributed by atoms with Crippen LogP contribution in [0.1, 0.15) is 0 Å². The molecule has 1 N–H and O–H groups in total. The highest BCUT2D eigenvalue weighted by Gasteiger charge is 2.19. The summed E-state index contributed by atoms with van der Waals surface area (Å²) < 4.78 is 31.4. The number of pyridine rings is 1. The molecule has 6 nitrogen and oxygen atoms in total. The van der Waals surface area contributed by atoms with Crippen LogP contribution in [0.3, 0.4) is 0 Å². The lowest BCUT2D eigenvalue weighted by Gasteiger charge is -2.03. The third-order valence-electron chi connectivity index (χ3n) is 1.67. The molecule has 0 radical (unpaired) electrons. The number of hydrogen-bond donors (Lipinski definition) is 1. The molecule has 1 aromatic rings. The van der Waals surface area contributed by atoms with Crippen LogP contribution in [0.4, 0.5) is 4.79 Å². The first-order valence-corrected chi connectivity index (χ1v) is 5.47. The highest BCUT2D eigenvalue weighted by atomic mass is 32.2. The average Bonchev–Trinajstić information content (AvgIpc) is 2.15. The van der Waals surface area contributed by atoms with Gasteiger partial charge in [0.15, 0.2) is 0 Å². The number of nitrogens with zero attached hydrogens (tertiary/aromatic N) is 2.